The minimum Gasteiger partial charge on any atom is -0.381 e. The van der Waals surface area contributed by atoms with Crippen LogP contribution in [0.1, 0.15) is 44.6 Å². The summed E-state index contributed by atoms with van der Waals surface area (Å²) in [7, 11) is -3.96. The van der Waals surface area contributed by atoms with Crippen molar-refractivity contribution in [3.05, 3.63) is 48.2 Å². The van der Waals surface area contributed by atoms with Gasteiger partial charge in [0.15, 0.2) is 14.6 Å². The Morgan fingerprint density at radius 1 is 1.10 bits per heavy atom. The molecule has 0 bridgehead atoms. The molecule has 2 aromatic rings. The van der Waals surface area contributed by atoms with Gasteiger partial charge in [0.1, 0.15) is 0 Å². The number of ether oxygens (including phenoxy) is 1. The standard InChI is InChI=1S/C22H28N2O4S/c1-2-3-4-5-17-6-8-18(9-7-17)20-11-10-19(16-24-20)29(26,27)22(21(23)25)12-14-28-15-13-22/h6-11,16H,2-5,12-15H2,1H3,(H2,23,25). The van der Waals surface area contributed by atoms with Crippen LogP contribution in [0, 0.1) is 0 Å². The zero-order valence-electron chi connectivity index (χ0n) is 16.8. The summed E-state index contributed by atoms with van der Waals surface area (Å²) in [6.07, 6.45) is 6.09. The number of carbonyl (C=O) groups excluding carboxylic acids is 1. The Hall–Kier alpha value is -2.25. The molecule has 1 amide bonds. The molecule has 0 atom stereocenters. The zero-order valence-corrected chi connectivity index (χ0v) is 17.6. The average molecular weight is 417 g/mol. The summed E-state index contributed by atoms with van der Waals surface area (Å²) >= 11 is 0. The molecule has 0 spiro atoms. The number of hydrogen-bond donors (Lipinski definition) is 1. The first-order valence-corrected chi connectivity index (χ1v) is 11.6. The van der Waals surface area contributed by atoms with Crippen LogP contribution in [0.4, 0.5) is 0 Å². The number of nitrogens with two attached hydrogens (primary N) is 1. The van der Waals surface area contributed by atoms with Gasteiger partial charge in [-0.2, -0.15) is 0 Å². The first-order chi connectivity index (χ1) is 13.9. The summed E-state index contributed by atoms with van der Waals surface area (Å²) in [6.45, 7) is 2.57. The maximum absolute atomic E-state index is 13.2. The first-order valence-electron chi connectivity index (χ1n) is 10.1. The smallest absolute Gasteiger partial charge is 0.239 e. The summed E-state index contributed by atoms with van der Waals surface area (Å²) in [6, 6.07) is 11.4. The lowest BCUT2D eigenvalue weighted by Crippen LogP contribution is -2.53. The predicted molar refractivity (Wildman–Crippen MR) is 112 cm³/mol. The Kier molecular flexibility index (Phi) is 6.70. The number of sulfone groups is 1. The molecule has 1 aliphatic heterocycles. The van der Waals surface area contributed by atoms with E-state index in [0.717, 1.165) is 12.0 Å². The van der Waals surface area contributed by atoms with Crippen LogP contribution in [-0.4, -0.2) is 37.3 Å². The zero-order chi connectivity index (χ0) is 20.9. The van der Waals surface area contributed by atoms with Gasteiger partial charge in [-0.15, -0.1) is 0 Å². The van der Waals surface area contributed by atoms with Crippen LogP contribution in [0.2, 0.25) is 0 Å². The molecule has 2 heterocycles. The average Bonchev–Trinajstić information content (AvgIpc) is 2.75. The molecule has 3 rings (SSSR count). The van der Waals surface area contributed by atoms with Gasteiger partial charge in [-0.25, -0.2) is 8.42 Å². The highest BCUT2D eigenvalue weighted by molar-refractivity contribution is 7.93. The number of hydrogen-bond acceptors (Lipinski definition) is 5. The summed E-state index contributed by atoms with van der Waals surface area (Å²) in [5.41, 5.74) is 8.40. The van der Waals surface area contributed by atoms with Gasteiger partial charge in [0.05, 0.1) is 10.6 Å². The van der Waals surface area contributed by atoms with Crippen molar-refractivity contribution in [2.24, 2.45) is 5.73 Å². The highest BCUT2D eigenvalue weighted by atomic mass is 32.2. The molecule has 1 aromatic carbocycles. The molecule has 1 aliphatic rings. The van der Waals surface area contributed by atoms with Crippen molar-refractivity contribution in [1.29, 1.82) is 0 Å². The Bertz CT molecular complexity index is 932. The van der Waals surface area contributed by atoms with E-state index in [1.54, 1.807) is 6.07 Å². The SMILES string of the molecule is CCCCCc1ccc(-c2ccc(S(=O)(=O)C3(C(N)=O)CCOCC3)cn2)cc1. The Labute approximate surface area is 172 Å². The van der Waals surface area contributed by atoms with Gasteiger partial charge in [0, 0.05) is 25.0 Å². The van der Waals surface area contributed by atoms with Crippen molar-refractivity contribution in [1.82, 2.24) is 4.98 Å². The Morgan fingerprint density at radius 3 is 2.34 bits per heavy atom. The number of rotatable bonds is 8. The number of unbranched alkanes of at least 4 members (excludes halogenated alkanes) is 2. The molecular formula is C22H28N2O4S. The van der Waals surface area contributed by atoms with Gasteiger partial charge < -0.3 is 10.5 Å². The van der Waals surface area contributed by atoms with Gasteiger partial charge >= 0.3 is 0 Å². The van der Waals surface area contributed by atoms with E-state index in [1.807, 2.05) is 12.1 Å². The van der Waals surface area contributed by atoms with Crippen LogP contribution >= 0.6 is 0 Å². The molecule has 1 fully saturated rings. The van der Waals surface area contributed by atoms with Gasteiger partial charge in [0.25, 0.3) is 0 Å². The van der Waals surface area contributed by atoms with E-state index in [1.165, 1.54) is 37.1 Å². The molecule has 7 heteroatoms. The minimum absolute atomic E-state index is 0.0122. The number of pyridine rings is 1. The number of aromatic nitrogens is 1. The maximum atomic E-state index is 13.2. The predicted octanol–water partition coefficient (Wildman–Crippen LogP) is 3.29. The van der Waals surface area contributed by atoms with E-state index in [0.29, 0.717) is 5.69 Å². The highest BCUT2D eigenvalue weighted by Gasteiger charge is 2.51. The van der Waals surface area contributed by atoms with Crippen LogP contribution in [-0.2, 0) is 25.8 Å². The van der Waals surface area contributed by atoms with Gasteiger partial charge in [-0.1, -0.05) is 44.0 Å². The van der Waals surface area contributed by atoms with Crippen molar-refractivity contribution in [3.63, 3.8) is 0 Å². The topological polar surface area (TPSA) is 99.3 Å². The van der Waals surface area contributed by atoms with Crippen LogP contribution < -0.4 is 5.73 Å². The van der Waals surface area contributed by atoms with Crippen LogP contribution in [0.25, 0.3) is 11.3 Å². The molecule has 29 heavy (non-hydrogen) atoms. The number of aryl methyl sites for hydroxylation is 1. The lowest BCUT2D eigenvalue weighted by Gasteiger charge is -2.33. The molecular weight excluding hydrogens is 388 g/mol. The fourth-order valence-electron chi connectivity index (χ4n) is 3.71. The number of carbonyl (C=O) groups is 1. The minimum atomic E-state index is -3.96. The van der Waals surface area contributed by atoms with E-state index in [4.69, 9.17) is 10.5 Å². The number of benzene rings is 1. The van der Waals surface area contributed by atoms with Crippen LogP contribution in [0.15, 0.2) is 47.5 Å². The van der Waals surface area contributed by atoms with Gasteiger partial charge in [-0.3, -0.25) is 9.78 Å². The fourth-order valence-corrected chi connectivity index (χ4v) is 5.56. The normalized spacial score (nSPS) is 16.4. The number of amides is 1. The van der Waals surface area contributed by atoms with Gasteiger partial charge in [-0.05, 0) is 43.4 Å². The molecule has 6 nitrogen and oxygen atoms in total. The molecule has 0 radical (unpaired) electrons. The second-order valence-electron chi connectivity index (χ2n) is 7.51. The quantitative estimate of drug-likeness (QED) is 0.666. The van der Waals surface area contributed by atoms with E-state index in [2.05, 4.69) is 24.0 Å². The van der Waals surface area contributed by atoms with E-state index in [-0.39, 0.29) is 31.0 Å². The summed E-state index contributed by atoms with van der Waals surface area (Å²) in [5.74, 6) is -0.830. The summed E-state index contributed by atoms with van der Waals surface area (Å²) < 4.78 is 29.9. The molecule has 0 saturated carbocycles. The fraction of sp³-hybridized carbons (Fsp3) is 0.455. The molecule has 2 N–H and O–H groups in total. The molecule has 156 valence electrons. The second kappa shape index (κ2) is 9.05. The summed E-state index contributed by atoms with van der Waals surface area (Å²) in [4.78, 5) is 16.4. The lowest BCUT2D eigenvalue weighted by atomic mass is 9.98. The maximum Gasteiger partial charge on any atom is 0.239 e. The number of nitrogens with zero attached hydrogens (tertiary/aromatic N) is 1. The third-order valence-corrected chi connectivity index (χ3v) is 8.13. The Balaban J connectivity index is 1.81. The lowest BCUT2D eigenvalue weighted by molar-refractivity contribution is -0.122. The van der Waals surface area contributed by atoms with Crippen molar-refractivity contribution in [2.75, 3.05) is 13.2 Å². The van der Waals surface area contributed by atoms with E-state index >= 15 is 0 Å². The first kappa shape index (κ1) is 21.5. The molecule has 0 unspecified atom stereocenters. The molecule has 0 aliphatic carbocycles. The van der Waals surface area contributed by atoms with Crippen LogP contribution in [0.3, 0.4) is 0 Å². The molecule has 1 saturated heterocycles. The summed E-state index contributed by atoms with van der Waals surface area (Å²) in [5, 5.41) is 0. The Morgan fingerprint density at radius 2 is 1.79 bits per heavy atom. The van der Waals surface area contributed by atoms with Crippen molar-refractivity contribution >= 4 is 15.7 Å². The van der Waals surface area contributed by atoms with E-state index < -0.39 is 20.5 Å². The third-order valence-electron chi connectivity index (χ3n) is 5.63. The van der Waals surface area contributed by atoms with Gasteiger partial charge in [0.2, 0.25) is 5.91 Å². The number of primary amides is 1. The van der Waals surface area contributed by atoms with Crippen LogP contribution in [0.5, 0.6) is 0 Å². The van der Waals surface area contributed by atoms with Crippen molar-refractivity contribution in [3.8, 4) is 11.3 Å². The highest BCUT2D eigenvalue weighted by Crippen LogP contribution is 2.35. The largest absolute Gasteiger partial charge is 0.381 e. The third kappa shape index (κ3) is 4.36. The second-order valence-corrected chi connectivity index (χ2v) is 9.77. The van der Waals surface area contributed by atoms with Crippen molar-refractivity contribution in [2.45, 2.75) is 55.1 Å². The molecule has 1 aromatic heterocycles. The monoisotopic (exact) mass is 416 g/mol. The van der Waals surface area contributed by atoms with E-state index in [9.17, 15) is 13.2 Å². The van der Waals surface area contributed by atoms with Crippen molar-refractivity contribution < 1.29 is 17.9 Å².